The molecule has 20 heavy (non-hydrogen) atoms. The molecule has 0 spiro atoms. The van der Waals surface area contributed by atoms with Gasteiger partial charge in [-0.15, -0.1) is 11.8 Å². The highest BCUT2D eigenvalue weighted by Gasteiger charge is 2.10. The largest absolute Gasteiger partial charge is 0.481 e. The second-order valence-electron chi connectivity index (χ2n) is 4.58. The smallest absolute Gasteiger partial charge is 0.304 e. The Hall–Kier alpha value is -1.56. The van der Waals surface area contributed by atoms with Gasteiger partial charge < -0.3 is 10.4 Å². The molecule has 0 radical (unpaired) electrons. The van der Waals surface area contributed by atoms with E-state index in [0.717, 1.165) is 5.56 Å². The number of thioether (sulfide) groups is 1. The molecule has 0 saturated heterocycles. The summed E-state index contributed by atoms with van der Waals surface area (Å²) >= 11 is 1.30. The van der Waals surface area contributed by atoms with Crippen molar-refractivity contribution in [2.75, 3.05) is 5.75 Å². The van der Waals surface area contributed by atoms with Crippen molar-refractivity contribution in [1.82, 2.24) is 5.32 Å². The van der Waals surface area contributed by atoms with Gasteiger partial charge in [0.15, 0.2) is 0 Å². The van der Waals surface area contributed by atoms with E-state index < -0.39 is 5.97 Å². The summed E-state index contributed by atoms with van der Waals surface area (Å²) in [6.07, 6.45) is 0.0368. The fourth-order valence-electron chi connectivity index (χ4n) is 1.59. The number of carbonyl (C=O) groups excluding carboxylic acids is 1. The van der Waals surface area contributed by atoms with Crippen molar-refractivity contribution in [2.45, 2.75) is 32.1 Å². The predicted octanol–water partition coefficient (Wildman–Crippen LogP) is 2.35. The van der Waals surface area contributed by atoms with Crippen molar-refractivity contribution in [3.8, 4) is 0 Å². The number of aliphatic carboxylic acids is 1. The molecular weight excluding hydrogens is 281 g/mol. The molecule has 0 fully saturated rings. The second kappa shape index (κ2) is 7.89. The van der Waals surface area contributed by atoms with Crippen LogP contribution in [0.2, 0.25) is 0 Å². The summed E-state index contributed by atoms with van der Waals surface area (Å²) in [6, 6.07) is 4.69. The SMILES string of the molecule is Cc1cc(CNC(=O)CSC(C)CC(=O)O)ccc1F. The summed E-state index contributed by atoms with van der Waals surface area (Å²) < 4.78 is 13.1. The van der Waals surface area contributed by atoms with E-state index in [2.05, 4.69) is 5.32 Å². The molecule has 0 saturated carbocycles. The van der Waals surface area contributed by atoms with E-state index in [9.17, 15) is 14.0 Å². The van der Waals surface area contributed by atoms with E-state index in [1.807, 2.05) is 0 Å². The third kappa shape index (κ3) is 6.06. The monoisotopic (exact) mass is 299 g/mol. The maximum Gasteiger partial charge on any atom is 0.304 e. The number of carboxylic acids is 1. The van der Waals surface area contributed by atoms with Gasteiger partial charge in [-0.05, 0) is 24.1 Å². The minimum absolute atomic E-state index is 0.0368. The number of carboxylic acid groups (broad SMARTS) is 1. The number of aryl methyl sites for hydroxylation is 1. The lowest BCUT2D eigenvalue weighted by Gasteiger charge is -2.09. The van der Waals surface area contributed by atoms with Crippen LogP contribution in [0.5, 0.6) is 0 Å². The minimum atomic E-state index is -0.868. The summed E-state index contributed by atoms with van der Waals surface area (Å²) in [4.78, 5) is 22.1. The van der Waals surface area contributed by atoms with Gasteiger partial charge in [0.1, 0.15) is 5.82 Å². The molecule has 1 aromatic rings. The number of benzene rings is 1. The van der Waals surface area contributed by atoms with E-state index in [1.54, 1.807) is 26.0 Å². The molecule has 1 rings (SSSR count). The molecule has 1 aromatic carbocycles. The fourth-order valence-corrected chi connectivity index (χ4v) is 2.39. The molecule has 0 aromatic heterocycles. The predicted molar refractivity (Wildman–Crippen MR) is 77.2 cm³/mol. The van der Waals surface area contributed by atoms with Crippen molar-refractivity contribution >= 4 is 23.6 Å². The van der Waals surface area contributed by atoms with E-state index in [-0.39, 0.29) is 29.1 Å². The van der Waals surface area contributed by atoms with Gasteiger partial charge in [0.25, 0.3) is 0 Å². The van der Waals surface area contributed by atoms with Gasteiger partial charge in [-0.2, -0.15) is 0 Å². The molecule has 1 unspecified atom stereocenters. The normalized spacial score (nSPS) is 11.9. The van der Waals surface area contributed by atoms with Crippen LogP contribution >= 0.6 is 11.8 Å². The Morgan fingerprint density at radius 2 is 2.15 bits per heavy atom. The maximum absolute atomic E-state index is 13.1. The number of carbonyl (C=O) groups is 2. The average Bonchev–Trinajstić information content (AvgIpc) is 2.37. The molecule has 0 aliphatic carbocycles. The lowest BCUT2D eigenvalue weighted by Crippen LogP contribution is -2.25. The van der Waals surface area contributed by atoms with Crippen LogP contribution in [-0.4, -0.2) is 28.0 Å². The molecule has 4 nitrogen and oxygen atoms in total. The number of hydrogen-bond donors (Lipinski definition) is 2. The first kappa shape index (κ1) is 16.5. The van der Waals surface area contributed by atoms with Crippen molar-refractivity contribution in [2.24, 2.45) is 0 Å². The third-order valence-electron chi connectivity index (χ3n) is 2.67. The summed E-state index contributed by atoms with van der Waals surface area (Å²) in [7, 11) is 0. The average molecular weight is 299 g/mol. The van der Waals surface area contributed by atoms with Gasteiger partial charge in [0.2, 0.25) is 5.91 Å². The number of nitrogens with one attached hydrogen (secondary N) is 1. The van der Waals surface area contributed by atoms with Crippen LogP contribution in [0, 0.1) is 12.7 Å². The molecule has 0 aliphatic heterocycles. The fraction of sp³-hybridized carbons (Fsp3) is 0.429. The molecule has 0 heterocycles. The zero-order valence-electron chi connectivity index (χ0n) is 11.5. The first-order chi connectivity index (χ1) is 9.38. The lowest BCUT2D eigenvalue weighted by atomic mass is 10.1. The van der Waals surface area contributed by atoms with Crippen LogP contribution in [0.4, 0.5) is 4.39 Å². The maximum atomic E-state index is 13.1. The minimum Gasteiger partial charge on any atom is -0.481 e. The Balaban J connectivity index is 2.32. The van der Waals surface area contributed by atoms with Gasteiger partial charge in [0, 0.05) is 11.8 Å². The first-order valence-corrected chi connectivity index (χ1v) is 7.28. The second-order valence-corrected chi connectivity index (χ2v) is 6.01. The van der Waals surface area contributed by atoms with E-state index in [4.69, 9.17) is 5.11 Å². The standard InChI is InChI=1S/C14H18FNO3S/c1-9-5-11(3-4-12(9)15)7-16-13(17)8-20-10(2)6-14(18)19/h3-5,10H,6-8H2,1-2H3,(H,16,17)(H,18,19). The van der Waals surface area contributed by atoms with Crippen LogP contribution in [0.3, 0.4) is 0 Å². The van der Waals surface area contributed by atoms with Crippen LogP contribution in [0.15, 0.2) is 18.2 Å². The Bertz CT molecular complexity index is 493. The van der Waals surface area contributed by atoms with Gasteiger partial charge in [-0.1, -0.05) is 19.1 Å². The van der Waals surface area contributed by atoms with Crippen LogP contribution in [0.25, 0.3) is 0 Å². The van der Waals surface area contributed by atoms with Gasteiger partial charge in [0.05, 0.1) is 12.2 Å². The summed E-state index contributed by atoms with van der Waals surface area (Å²) in [5.41, 5.74) is 1.38. The Morgan fingerprint density at radius 3 is 2.75 bits per heavy atom. The van der Waals surface area contributed by atoms with Crippen molar-refractivity contribution in [1.29, 1.82) is 0 Å². The molecule has 6 heteroatoms. The highest BCUT2D eigenvalue weighted by molar-refractivity contribution is 8.00. The van der Waals surface area contributed by atoms with Crippen molar-refractivity contribution in [3.05, 3.63) is 35.1 Å². The highest BCUT2D eigenvalue weighted by Crippen LogP contribution is 2.13. The van der Waals surface area contributed by atoms with Gasteiger partial charge in [-0.3, -0.25) is 9.59 Å². The Morgan fingerprint density at radius 1 is 1.45 bits per heavy atom. The zero-order chi connectivity index (χ0) is 15.1. The zero-order valence-corrected chi connectivity index (χ0v) is 12.3. The molecule has 2 N–H and O–H groups in total. The van der Waals surface area contributed by atoms with Gasteiger partial charge in [-0.25, -0.2) is 4.39 Å². The first-order valence-electron chi connectivity index (χ1n) is 6.23. The van der Waals surface area contributed by atoms with Crippen molar-refractivity contribution in [3.63, 3.8) is 0 Å². The summed E-state index contributed by atoms with van der Waals surface area (Å²) in [5, 5.41) is 11.2. The topological polar surface area (TPSA) is 66.4 Å². The number of rotatable bonds is 7. The Labute approximate surface area is 121 Å². The number of halogens is 1. The number of amides is 1. The lowest BCUT2D eigenvalue weighted by molar-refractivity contribution is -0.136. The van der Waals surface area contributed by atoms with E-state index >= 15 is 0 Å². The summed E-state index contributed by atoms with van der Waals surface area (Å²) in [6.45, 7) is 3.79. The Kier molecular flexibility index (Phi) is 6.51. The highest BCUT2D eigenvalue weighted by atomic mass is 32.2. The van der Waals surface area contributed by atoms with Crippen LogP contribution in [-0.2, 0) is 16.1 Å². The van der Waals surface area contributed by atoms with Crippen LogP contribution in [0.1, 0.15) is 24.5 Å². The third-order valence-corrected chi connectivity index (χ3v) is 3.84. The quantitative estimate of drug-likeness (QED) is 0.811. The van der Waals surface area contributed by atoms with E-state index in [0.29, 0.717) is 12.1 Å². The van der Waals surface area contributed by atoms with Gasteiger partial charge >= 0.3 is 5.97 Å². The molecule has 1 amide bonds. The molecular formula is C14H18FNO3S. The molecule has 0 aliphatic rings. The molecule has 1 atom stereocenters. The van der Waals surface area contributed by atoms with E-state index in [1.165, 1.54) is 17.8 Å². The number of hydrogen-bond acceptors (Lipinski definition) is 3. The molecule has 110 valence electrons. The van der Waals surface area contributed by atoms with Crippen molar-refractivity contribution < 1.29 is 19.1 Å². The summed E-state index contributed by atoms with van der Waals surface area (Å²) in [5.74, 6) is -1.08. The van der Waals surface area contributed by atoms with Crippen LogP contribution < -0.4 is 5.32 Å². The molecule has 0 bridgehead atoms.